The number of hydrogen-bond donors (Lipinski definition) is 2. The molecule has 1 saturated heterocycles. The standard InChI is InChI=1S/C26H32N4O3/c31-24(30-16-14-29(15-17-30)23-12-5-2-6-13-23)19-27-25(32)21-10-7-11-22(18-21)28-26(33)20-8-3-1-4-9-20/h2,5-7,10-13,18,20H,1,3-4,8-9,14-17,19H2,(H,27,32)(H,28,33). The lowest BCUT2D eigenvalue weighted by atomic mass is 9.88. The van der Waals surface area contributed by atoms with Crippen molar-refractivity contribution < 1.29 is 14.4 Å². The average Bonchev–Trinajstić information content (AvgIpc) is 2.88. The van der Waals surface area contributed by atoms with Gasteiger partial charge in [-0.15, -0.1) is 0 Å². The summed E-state index contributed by atoms with van der Waals surface area (Å²) in [6, 6.07) is 17.1. The molecule has 0 radical (unpaired) electrons. The summed E-state index contributed by atoms with van der Waals surface area (Å²) in [6.45, 7) is 2.76. The fourth-order valence-electron chi connectivity index (χ4n) is 4.57. The van der Waals surface area contributed by atoms with Crippen LogP contribution in [0.3, 0.4) is 0 Å². The van der Waals surface area contributed by atoms with E-state index in [0.29, 0.717) is 24.3 Å². The summed E-state index contributed by atoms with van der Waals surface area (Å²) in [5.74, 6) is -0.328. The van der Waals surface area contributed by atoms with Crippen molar-refractivity contribution in [2.24, 2.45) is 5.92 Å². The molecular weight excluding hydrogens is 416 g/mol. The molecule has 0 unspecified atom stereocenters. The first kappa shape index (κ1) is 22.8. The van der Waals surface area contributed by atoms with E-state index in [0.717, 1.165) is 44.5 Å². The van der Waals surface area contributed by atoms with Crippen LogP contribution in [0.15, 0.2) is 54.6 Å². The molecule has 174 valence electrons. The number of anilines is 2. The molecule has 1 saturated carbocycles. The van der Waals surface area contributed by atoms with Gasteiger partial charge in [0.05, 0.1) is 6.54 Å². The molecule has 0 spiro atoms. The maximum atomic E-state index is 12.6. The first-order valence-corrected chi connectivity index (χ1v) is 11.9. The van der Waals surface area contributed by atoms with Crippen molar-refractivity contribution >= 4 is 29.1 Å². The van der Waals surface area contributed by atoms with Gasteiger partial charge in [-0.2, -0.15) is 0 Å². The van der Waals surface area contributed by atoms with Crippen LogP contribution in [0.5, 0.6) is 0 Å². The molecule has 1 heterocycles. The third-order valence-electron chi connectivity index (χ3n) is 6.52. The molecule has 2 aromatic carbocycles. The van der Waals surface area contributed by atoms with E-state index in [2.05, 4.69) is 27.7 Å². The Labute approximate surface area is 195 Å². The molecule has 7 heteroatoms. The van der Waals surface area contributed by atoms with Gasteiger partial charge in [-0.05, 0) is 43.2 Å². The third kappa shape index (κ3) is 6.12. The molecule has 7 nitrogen and oxygen atoms in total. The second-order valence-corrected chi connectivity index (χ2v) is 8.79. The van der Waals surface area contributed by atoms with Gasteiger partial charge in [0.15, 0.2) is 0 Å². The molecule has 2 aromatic rings. The molecule has 1 aliphatic carbocycles. The zero-order valence-corrected chi connectivity index (χ0v) is 19.0. The molecule has 0 atom stereocenters. The fraction of sp³-hybridized carbons (Fsp3) is 0.423. The minimum absolute atomic E-state index is 0.0251. The number of carbonyl (C=O) groups is 3. The maximum Gasteiger partial charge on any atom is 0.251 e. The number of para-hydroxylation sites is 1. The Balaban J connectivity index is 1.24. The first-order valence-electron chi connectivity index (χ1n) is 11.9. The number of piperazine rings is 1. The van der Waals surface area contributed by atoms with Gasteiger partial charge in [0.2, 0.25) is 11.8 Å². The molecule has 0 bridgehead atoms. The minimum atomic E-state index is -0.319. The quantitative estimate of drug-likeness (QED) is 0.711. The van der Waals surface area contributed by atoms with Gasteiger partial charge in [0, 0.05) is 49.0 Å². The summed E-state index contributed by atoms with van der Waals surface area (Å²) in [5, 5.41) is 5.67. The van der Waals surface area contributed by atoms with Gasteiger partial charge >= 0.3 is 0 Å². The number of rotatable bonds is 6. The van der Waals surface area contributed by atoms with Crippen molar-refractivity contribution in [1.29, 1.82) is 0 Å². The predicted octanol–water partition coefficient (Wildman–Crippen LogP) is 3.28. The van der Waals surface area contributed by atoms with E-state index in [4.69, 9.17) is 0 Å². The smallest absolute Gasteiger partial charge is 0.251 e. The van der Waals surface area contributed by atoms with Crippen molar-refractivity contribution in [3.63, 3.8) is 0 Å². The summed E-state index contributed by atoms with van der Waals surface area (Å²) in [4.78, 5) is 41.7. The Kier molecular flexibility index (Phi) is 7.60. The monoisotopic (exact) mass is 448 g/mol. The zero-order chi connectivity index (χ0) is 23.0. The van der Waals surface area contributed by atoms with E-state index >= 15 is 0 Å². The van der Waals surface area contributed by atoms with E-state index in [1.165, 1.54) is 6.42 Å². The van der Waals surface area contributed by atoms with Crippen LogP contribution in [0.25, 0.3) is 0 Å². The Morgan fingerprint density at radius 2 is 1.58 bits per heavy atom. The second kappa shape index (κ2) is 11.0. The van der Waals surface area contributed by atoms with Crippen molar-refractivity contribution in [3.8, 4) is 0 Å². The van der Waals surface area contributed by atoms with Gasteiger partial charge < -0.3 is 20.4 Å². The maximum absolute atomic E-state index is 12.6. The number of nitrogens with one attached hydrogen (secondary N) is 2. The molecule has 3 amide bonds. The molecule has 33 heavy (non-hydrogen) atoms. The Bertz CT molecular complexity index is 965. The third-order valence-corrected chi connectivity index (χ3v) is 6.52. The van der Waals surface area contributed by atoms with Crippen LogP contribution in [-0.2, 0) is 9.59 Å². The highest BCUT2D eigenvalue weighted by atomic mass is 16.2. The Morgan fingerprint density at radius 3 is 2.30 bits per heavy atom. The Morgan fingerprint density at radius 1 is 0.848 bits per heavy atom. The largest absolute Gasteiger partial charge is 0.368 e. The molecule has 2 aliphatic rings. The fourth-order valence-corrected chi connectivity index (χ4v) is 4.57. The summed E-state index contributed by atoms with van der Waals surface area (Å²) in [5.41, 5.74) is 2.20. The topological polar surface area (TPSA) is 81.8 Å². The zero-order valence-electron chi connectivity index (χ0n) is 19.0. The number of amides is 3. The lowest BCUT2D eigenvalue weighted by Crippen LogP contribution is -2.51. The number of carbonyl (C=O) groups excluding carboxylic acids is 3. The average molecular weight is 449 g/mol. The van der Waals surface area contributed by atoms with Gasteiger partial charge in [0.1, 0.15) is 0 Å². The highest BCUT2D eigenvalue weighted by Crippen LogP contribution is 2.25. The minimum Gasteiger partial charge on any atom is -0.368 e. The van der Waals surface area contributed by atoms with Crippen LogP contribution in [-0.4, -0.2) is 55.3 Å². The van der Waals surface area contributed by atoms with Crippen LogP contribution >= 0.6 is 0 Å². The van der Waals surface area contributed by atoms with Gasteiger partial charge in [-0.3, -0.25) is 14.4 Å². The van der Waals surface area contributed by atoms with Gasteiger partial charge in [-0.1, -0.05) is 43.5 Å². The second-order valence-electron chi connectivity index (χ2n) is 8.79. The van der Waals surface area contributed by atoms with Crippen LogP contribution in [0.2, 0.25) is 0 Å². The number of hydrogen-bond acceptors (Lipinski definition) is 4. The number of nitrogens with zero attached hydrogens (tertiary/aromatic N) is 2. The van der Waals surface area contributed by atoms with E-state index in [9.17, 15) is 14.4 Å². The summed E-state index contributed by atoms with van der Waals surface area (Å²) in [6.07, 6.45) is 5.23. The van der Waals surface area contributed by atoms with Crippen molar-refractivity contribution in [1.82, 2.24) is 10.2 Å². The molecule has 0 aromatic heterocycles. The molecule has 2 N–H and O–H groups in total. The van der Waals surface area contributed by atoms with E-state index in [1.54, 1.807) is 29.2 Å². The van der Waals surface area contributed by atoms with Crippen LogP contribution < -0.4 is 15.5 Å². The molecule has 4 rings (SSSR count). The van der Waals surface area contributed by atoms with Gasteiger partial charge in [0.25, 0.3) is 5.91 Å². The van der Waals surface area contributed by atoms with Gasteiger partial charge in [-0.25, -0.2) is 0 Å². The Hall–Kier alpha value is -3.35. The highest BCUT2D eigenvalue weighted by Gasteiger charge is 2.23. The normalized spacial score (nSPS) is 16.8. The molecule has 2 fully saturated rings. The lowest BCUT2D eigenvalue weighted by Gasteiger charge is -2.36. The summed E-state index contributed by atoms with van der Waals surface area (Å²) in [7, 11) is 0. The van der Waals surface area contributed by atoms with Crippen LogP contribution in [0, 0.1) is 5.92 Å². The highest BCUT2D eigenvalue weighted by molar-refractivity contribution is 5.99. The van der Waals surface area contributed by atoms with E-state index in [-0.39, 0.29) is 30.2 Å². The first-order chi connectivity index (χ1) is 16.1. The van der Waals surface area contributed by atoms with E-state index < -0.39 is 0 Å². The molecular formula is C26H32N4O3. The van der Waals surface area contributed by atoms with E-state index in [1.807, 2.05) is 18.2 Å². The summed E-state index contributed by atoms with van der Waals surface area (Å²) >= 11 is 0. The SMILES string of the molecule is O=C(NCC(=O)N1CCN(c2ccccc2)CC1)c1cccc(NC(=O)C2CCCCC2)c1. The van der Waals surface area contributed by atoms with Crippen molar-refractivity contribution in [3.05, 3.63) is 60.2 Å². The number of benzene rings is 2. The molecule has 1 aliphatic heterocycles. The van der Waals surface area contributed by atoms with Crippen LogP contribution in [0.4, 0.5) is 11.4 Å². The van der Waals surface area contributed by atoms with Crippen LogP contribution in [0.1, 0.15) is 42.5 Å². The predicted molar refractivity (Wildman–Crippen MR) is 129 cm³/mol. The van der Waals surface area contributed by atoms with Crippen molar-refractivity contribution in [2.45, 2.75) is 32.1 Å². The lowest BCUT2D eigenvalue weighted by molar-refractivity contribution is -0.130. The summed E-state index contributed by atoms with van der Waals surface area (Å²) < 4.78 is 0. The van der Waals surface area contributed by atoms with Crippen molar-refractivity contribution in [2.75, 3.05) is 42.9 Å².